The van der Waals surface area contributed by atoms with E-state index in [2.05, 4.69) is 20.7 Å². The van der Waals surface area contributed by atoms with E-state index in [0.29, 0.717) is 23.1 Å². The molecule has 1 aromatic carbocycles. The van der Waals surface area contributed by atoms with Crippen LogP contribution in [0, 0.1) is 0 Å². The third-order valence-electron chi connectivity index (χ3n) is 4.79. The number of hydrogen-bond donors (Lipinski definition) is 3. The highest BCUT2D eigenvalue weighted by Crippen LogP contribution is 2.42. The first kappa shape index (κ1) is 19.3. The van der Waals surface area contributed by atoms with Crippen LogP contribution in [0.1, 0.15) is 42.0 Å². The summed E-state index contributed by atoms with van der Waals surface area (Å²) >= 11 is 0.975. The Hall–Kier alpha value is -2.01. The van der Waals surface area contributed by atoms with Crippen molar-refractivity contribution in [3.8, 4) is 5.75 Å². The van der Waals surface area contributed by atoms with Gasteiger partial charge < -0.3 is 15.2 Å². The molecule has 1 aromatic heterocycles. The Balaban J connectivity index is 1.65. The maximum Gasteiger partial charge on any atom is 0.355 e. The number of carbonyl (C=O) groups is 1. The van der Waals surface area contributed by atoms with Crippen LogP contribution in [0.3, 0.4) is 0 Å². The van der Waals surface area contributed by atoms with Gasteiger partial charge in [-0.05, 0) is 49.8 Å². The van der Waals surface area contributed by atoms with Gasteiger partial charge in [-0.1, -0.05) is 6.07 Å². The molecule has 2 amide bonds. The van der Waals surface area contributed by atoms with Crippen LogP contribution in [0.15, 0.2) is 20.8 Å². The molecule has 0 saturated heterocycles. The number of aliphatic hydroxyl groups is 1. The first-order valence-corrected chi connectivity index (χ1v) is 11.4. The molecule has 2 heterocycles. The molecule has 2 aromatic rings. The third-order valence-corrected chi connectivity index (χ3v) is 7.98. The molecule has 2 aliphatic rings. The second-order valence-electron chi connectivity index (χ2n) is 7.46. The molecule has 4 rings (SSSR count). The van der Waals surface area contributed by atoms with Crippen molar-refractivity contribution in [1.82, 2.24) is 4.98 Å². The van der Waals surface area contributed by atoms with Gasteiger partial charge in [0.1, 0.15) is 20.6 Å². The van der Waals surface area contributed by atoms with Crippen LogP contribution in [0.4, 0.5) is 10.5 Å². The number of hydrogen-bond acceptors (Lipinski definition) is 6. The molecular weight excluding hydrogens is 400 g/mol. The summed E-state index contributed by atoms with van der Waals surface area (Å²) in [6, 6.07) is 1.36. The van der Waals surface area contributed by atoms with Gasteiger partial charge in [-0.3, -0.25) is 0 Å². The van der Waals surface area contributed by atoms with Gasteiger partial charge in [0.15, 0.2) is 9.92 Å². The van der Waals surface area contributed by atoms with E-state index in [4.69, 9.17) is 9.88 Å². The summed E-state index contributed by atoms with van der Waals surface area (Å²) in [6.07, 6.45) is 4.93. The number of nitrogens with zero attached hydrogens (tertiary/aromatic N) is 2. The van der Waals surface area contributed by atoms with Crippen molar-refractivity contribution >= 4 is 33.0 Å². The number of ether oxygens (including phenoxy) is 1. The molecule has 0 saturated carbocycles. The highest BCUT2D eigenvalue weighted by Gasteiger charge is 2.27. The minimum atomic E-state index is -3.48. The summed E-state index contributed by atoms with van der Waals surface area (Å²) in [5.41, 5.74) is 2.76. The molecular formula is C18H22N4O4S2. The van der Waals surface area contributed by atoms with Gasteiger partial charge in [0.05, 0.1) is 18.5 Å². The van der Waals surface area contributed by atoms with Crippen molar-refractivity contribution in [3.63, 3.8) is 0 Å². The Morgan fingerprint density at radius 1 is 1.39 bits per heavy atom. The van der Waals surface area contributed by atoms with Gasteiger partial charge in [0, 0.05) is 6.42 Å². The average Bonchev–Trinajstić information content (AvgIpc) is 3.33. The molecule has 1 aliphatic carbocycles. The quantitative estimate of drug-likeness (QED) is 0.701. The standard InChI is InChI=1S/C18H22N4O4S2/c1-18(2,24)16-20-9-13(27-16)28(19,25)22-17(23)21-14-12-5-3-4-10(12)8-11-6-7-26-15(11)14/h8-9,24H,3-7H2,1-2H3,(H3,19,21,22,23,25). The normalized spacial score (nSPS) is 17.4. The first-order chi connectivity index (χ1) is 13.1. The van der Waals surface area contributed by atoms with Crippen LogP contribution < -0.4 is 15.2 Å². The lowest BCUT2D eigenvalue weighted by molar-refractivity contribution is 0.0783. The fraction of sp³-hybridized carbons (Fsp3) is 0.444. The number of aryl methyl sites for hydroxylation is 1. The van der Waals surface area contributed by atoms with Gasteiger partial charge in [0.25, 0.3) is 0 Å². The zero-order valence-electron chi connectivity index (χ0n) is 15.7. The van der Waals surface area contributed by atoms with Crippen LogP contribution >= 0.6 is 11.3 Å². The lowest BCUT2D eigenvalue weighted by atomic mass is 10.0. The summed E-state index contributed by atoms with van der Waals surface area (Å²) in [4.78, 5) is 16.6. The number of urea groups is 1. The summed E-state index contributed by atoms with van der Waals surface area (Å²) in [5.74, 6) is 0.676. The zero-order chi connectivity index (χ0) is 20.1. The number of amides is 2. The molecule has 1 atom stereocenters. The number of nitrogens with two attached hydrogens (primary N) is 1. The number of aromatic nitrogens is 1. The molecule has 1 unspecified atom stereocenters. The van der Waals surface area contributed by atoms with Gasteiger partial charge in [-0.2, -0.15) is 0 Å². The Morgan fingerprint density at radius 3 is 2.89 bits per heavy atom. The van der Waals surface area contributed by atoms with Crippen molar-refractivity contribution in [2.24, 2.45) is 9.50 Å². The smallest absolute Gasteiger partial charge is 0.355 e. The topological polar surface area (TPSA) is 127 Å². The van der Waals surface area contributed by atoms with Crippen LogP contribution in [0.5, 0.6) is 5.75 Å². The Labute approximate surface area is 167 Å². The highest BCUT2D eigenvalue weighted by atomic mass is 32.2. The highest BCUT2D eigenvalue weighted by molar-refractivity contribution is 7.93. The summed E-state index contributed by atoms with van der Waals surface area (Å²) in [5, 5.41) is 18.9. The van der Waals surface area contributed by atoms with E-state index in [0.717, 1.165) is 48.1 Å². The minimum Gasteiger partial charge on any atom is -0.491 e. The molecule has 8 nitrogen and oxygen atoms in total. The van der Waals surface area contributed by atoms with Crippen molar-refractivity contribution in [2.75, 3.05) is 11.9 Å². The Bertz CT molecular complexity index is 1050. The number of nitrogens with one attached hydrogen (secondary N) is 1. The third kappa shape index (κ3) is 3.52. The predicted octanol–water partition coefficient (Wildman–Crippen LogP) is 2.73. The number of rotatable bonds is 3. The van der Waals surface area contributed by atoms with E-state index in [-0.39, 0.29) is 4.21 Å². The molecule has 4 N–H and O–H groups in total. The van der Waals surface area contributed by atoms with Gasteiger partial charge in [0.2, 0.25) is 0 Å². The monoisotopic (exact) mass is 422 g/mol. The van der Waals surface area contributed by atoms with Crippen molar-refractivity contribution in [3.05, 3.63) is 34.0 Å². The van der Waals surface area contributed by atoms with E-state index in [1.165, 1.54) is 11.8 Å². The second-order valence-corrected chi connectivity index (χ2v) is 10.5. The number of thiazole rings is 1. The van der Waals surface area contributed by atoms with E-state index in [1.807, 2.05) is 0 Å². The van der Waals surface area contributed by atoms with Crippen molar-refractivity contribution in [1.29, 1.82) is 0 Å². The number of benzene rings is 1. The summed E-state index contributed by atoms with van der Waals surface area (Å²) < 4.78 is 22.4. The minimum absolute atomic E-state index is 0.138. The van der Waals surface area contributed by atoms with E-state index >= 15 is 0 Å². The number of carbonyl (C=O) groups excluding carboxylic acids is 1. The van der Waals surface area contributed by atoms with Crippen LogP contribution in [0.2, 0.25) is 0 Å². The SMILES string of the molecule is CC(C)(O)c1ncc(S(N)(=O)=NC(=O)Nc2c3c(cc4c2OCC4)CCC3)s1. The van der Waals surface area contributed by atoms with E-state index in [9.17, 15) is 14.1 Å². The second kappa shape index (κ2) is 6.80. The lowest BCUT2D eigenvalue weighted by Crippen LogP contribution is -2.18. The van der Waals surface area contributed by atoms with E-state index in [1.54, 1.807) is 13.8 Å². The first-order valence-electron chi connectivity index (χ1n) is 9.00. The van der Waals surface area contributed by atoms with Crippen LogP contribution in [0.25, 0.3) is 0 Å². The van der Waals surface area contributed by atoms with Gasteiger partial charge >= 0.3 is 6.03 Å². The maximum atomic E-state index is 12.8. The molecule has 1 aliphatic heterocycles. The summed E-state index contributed by atoms with van der Waals surface area (Å²) in [7, 11) is -3.48. The fourth-order valence-electron chi connectivity index (χ4n) is 3.51. The van der Waals surface area contributed by atoms with Crippen molar-refractivity contribution < 1.29 is 18.8 Å². The van der Waals surface area contributed by atoms with Crippen LogP contribution in [-0.2, 0) is 34.8 Å². The van der Waals surface area contributed by atoms with Gasteiger partial charge in [-0.25, -0.2) is 19.1 Å². The molecule has 0 bridgehead atoms. The average molecular weight is 423 g/mol. The predicted molar refractivity (Wildman–Crippen MR) is 107 cm³/mol. The zero-order valence-corrected chi connectivity index (χ0v) is 17.3. The fourth-order valence-corrected chi connectivity index (χ4v) is 5.57. The number of anilines is 1. The lowest BCUT2D eigenvalue weighted by Gasteiger charge is -2.14. The molecule has 0 spiro atoms. The molecule has 0 radical (unpaired) electrons. The number of fused-ring (bicyclic) bond motifs is 2. The van der Waals surface area contributed by atoms with Crippen LogP contribution in [-0.4, -0.2) is 26.9 Å². The maximum absolute atomic E-state index is 12.8. The largest absolute Gasteiger partial charge is 0.491 e. The van der Waals surface area contributed by atoms with Gasteiger partial charge in [-0.15, -0.1) is 15.7 Å². The molecule has 10 heteroatoms. The Kier molecular flexibility index (Phi) is 4.69. The molecule has 28 heavy (non-hydrogen) atoms. The van der Waals surface area contributed by atoms with E-state index < -0.39 is 21.5 Å². The van der Waals surface area contributed by atoms with Crippen molar-refractivity contribution in [2.45, 2.75) is 49.3 Å². The molecule has 0 fully saturated rings. The summed E-state index contributed by atoms with van der Waals surface area (Å²) in [6.45, 7) is 3.70. The molecule has 150 valence electrons. The Morgan fingerprint density at radius 2 is 2.18 bits per heavy atom.